The van der Waals surface area contributed by atoms with Crippen molar-refractivity contribution in [1.82, 2.24) is 15.2 Å². The molecule has 1 amide bonds. The van der Waals surface area contributed by atoms with E-state index in [1.54, 1.807) is 0 Å². The van der Waals surface area contributed by atoms with Crippen LogP contribution in [0.3, 0.4) is 0 Å². The van der Waals surface area contributed by atoms with Crippen LogP contribution in [-0.2, 0) is 11.2 Å². The number of likely N-dealkylation sites (N-methyl/N-ethyl adjacent to an activating group) is 1. The highest BCUT2D eigenvalue weighted by molar-refractivity contribution is 5.83. The normalized spacial score (nSPS) is 35.6. The Morgan fingerprint density at radius 2 is 2.40 bits per heavy atom. The van der Waals surface area contributed by atoms with Gasteiger partial charge >= 0.3 is 0 Å². The third kappa shape index (κ3) is 1.72. The molecule has 1 N–H and O–H groups in total. The molecule has 4 rings (SSSR count). The number of hydrogen-bond donors (Lipinski definition) is 1. The van der Waals surface area contributed by atoms with Crippen molar-refractivity contribution in [2.24, 2.45) is 17.8 Å². The first-order valence-corrected chi connectivity index (χ1v) is 7.66. The number of carbonyl (C=O) groups excluding carboxylic acids is 1. The molecule has 0 bridgehead atoms. The Labute approximate surface area is 118 Å². The molecular formula is C15H21N3O2. The fourth-order valence-electron chi connectivity index (χ4n) is 4.15. The summed E-state index contributed by atoms with van der Waals surface area (Å²) in [4.78, 5) is 19.0. The van der Waals surface area contributed by atoms with E-state index >= 15 is 0 Å². The lowest BCUT2D eigenvalue weighted by Gasteiger charge is -2.54. The van der Waals surface area contributed by atoms with Gasteiger partial charge < -0.3 is 14.6 Å². The molecule has 5 nitrogen and oxygen atoms in total. The van der Waals surface area contributed by atoms with E-state index in [4.69, 9.17) is 4.42 Å². The maximum absolute atomic E-state index is 12.7. The van der Waals surface area contributed by atoms with E-state index < -0.39 is 0 Å². The maximum Gasteiger partial charge on any atom is 0.247 e. The summed E-state index contributed by atoms with van der Waals surface area (Å²) >= 11 is 0. The Kier molecular flexibility index (Phi) is 2.84. The van der Waals surface area contributed by atoms with E-state index in [2.05, 4.69) is 10.3 Å². The molecule has 0 aromatic carbocycles. The number of nitrogens with one attached hydrogen (secondary N) is 1. The topological polar surface area (TPSA) is 58.4 Å². The van der Waals surface area contributed by atoms with Gasteiger partial charge in [0.25, 0.3) is 0 Å². The summed E-state index contributed by atoms with van der Waals surface area (Å²) < 4.78 is 5.43. The van der Waals surface area contributed by atoms with Crippen LogP contribution in [0.1, 0.15) is 36.8 Å². The van der Waals surface area contributed by atoms with E-state index in [-0.39, 0.29) is 11.9 Å². The molecule has 2 saturated carbocycles. The second-order valence-electron chi connectivity index (χ2n) is 6.42. The summed E-state index contributed by atoms with van der Waals surface area (Å²) in [6.45, 7) is 1.69. The van der Waals surface area contributed by atoms with Gasteiger partial charge in [0.15, 0.2) is 12.2 Å². The number of amides is 1. The Hall–Kier alpha value is -1.36. The Bertz CT molecular complexity index is 527. The molecule has 1 aromatic rings. The van der Waals surface area contributed by atoms with Gasteiger partial charge in [0.2, 0.25) is 5.91 Å². The zero-order chi connectivity index (χ0) is 13.7. The fourth-order valence-corrected chi connectivity index (χ4v) is 4.15. The quantitative estimate of drug-likeness (QED) is 0.905. The molecular weight excluding hydrogens is 254 g/mol. The van der Waals surface area contributed by atoms with Gasteiger partial charge in [-0.2, -0.15) is 0 Å². The molecule has 0 radical (unpaired) electrons. The number of aromatic nitrogens is 1. The third-order valence-corrected chi connectivity index (χ3v) is 5.54. The minimum absolute atomic E-state index is 0.144. The van der Waals surface area contributed by atoms with Crippen LogP contribution in [0.25, 0.3) is 0 Å². The van der Waals surface area contributed by atoms with Crippen LogP contribution in [0.4, 0.5) is 0 Å². The molecule has 1 aromatic heterocycles. The van der Waals surface area contributed by atoms with Crippen molar-refractivity contribution in [3.63, 3.8) is 0 Å². The number of fused-ring (bicyclic) bond motifs is 2. The predicted octanol–water partition coefficient (Wildman–Crippen LogP) is 1.37. The van der Waals surface area contributed by atoms with Gasteiger partial charge in [-0.15, -0.1) is 0 Å². The molecule has 1 aliphatic heterocycles. The van der Waals surface area contributed by atoms with Crippen molar-refractivity contribution in [2.75, 3.05) is 20.1 Å². The fraction of sp³-hybridized carbons (Fsp3) is 0.733. The standard InChI is InChI=1S/C15H21N3O2/c1-16-13-14-12(17-8-20-14)4-5-18(15(13)19)7-10-6-9-2-3-11(9)10/h8-11,13,16H,2-7H2,1H3. The van der Waals surface area contributed by atoms with Crippen LogP contribution >= 0.6 is 0 Å². The number of hydrogen-bond acceptors (Lipinski definition) is 4. The van der Waals surface area contributed by atoms with Crippen molar-refractivity contribution in [1.29, 1.82) is 0 Å². The van der Waals surface area contributed by atoms with Crippen molar-refractivity contribution in [3.8, 4) is 0 Å². The van der Waals surface area contributed by atoms with Crippen LogP contribution in [0.5, 0.6) is 0 Å². The van der Waals surface area contributed by atoms with Crippen LogP contribution in [-0.4, -0.2) is 35.9 Å². The van der Waals surface area contributed by atoms with Gasteiger partial charge in [0.05, 0.1) is 5.69 Å². The van der Waals surface area contributed by atoms with E-state index in [1.165, 1.54) is 25.7 Å². The molecule has 2 heterocycles. The van der Waals surface area contributed by atoms with Crippen molar-refractivity contribution < 1.29 is 9.21 Å². The second kappa shape index (κ2) is 4.58. The van der Waals surface area contributed by atoms with Crippen LogP contribution < -0.4 is 5.32 Å². The molecule has 2 fully saturated rings. The summed E-state index contributed by atoms with van der Waals surface area (Å²) in [5.74, 6) is 3.44. The highest BCUT2D eigenvalue weighted by Gasteiger charge is 2.48. The second-order valence-corrected chi connectivity index (χ2v) is 6.42. The van der Waals surface area contributed by atoms with E-state index in [9.17, 15) is 4.79 Å². The van der Waals surface area contributed by atoms with Crippen LogP contribution in [0.2, 0.25) is 0 Å². The zero-order valence-electron chi connectivity index (χ0n) is 11.8. The van der Waals surface area contributed by atoms with Gasteiger partial charge in [-0.25, -0.2) is 4.98 Å². The smallest absolute Gasteiger partial charge is 0.247 e. The van der Waals surface area contributed by atoms with Crippen molar-refractivity contribution in [3.05, 3.63) is 17.8 Å². The number of rotatable bonds is 3. The Balaban J connectivity index is 1.50. The number of carbonyl (C=O) groups is 1. The van der Waals surface area contributed by atoms with Crippen LogP contribution in [0.15, 0.2) is 10.8 Å². The molecule has 5 heteroatoms. The first kappa shape index (κ1) is 12.4. The van der Waals surface area contributed by atoms with Gasteiger partial charge in [0, 0.05) is 19.5 Å². The van der Waals surface area contributed by atoms with E-state index in [0.717, 1.165) is 43.0 Å². The molecule has 108 valence electrons. The molecule has 0 spiro atoms. The summed E-state index contributed by atoms with van der Waals surface area (Å²) in [6.07, 6.45) is 6.35. The first-order valence-electron chi connectivity index (χ1n) is 7.66. The molecule has 4 unspecified atom stereocenters. The van der Waals surface area contributed by atoms with Crippen LogP contribution in [0, 0.1) is 17.8 Å². The van der Waals surface area contributed by atoms with Gasteiger partial charge in [0.1, 0.15) is 6.04 Å². The third-order valence-electron chi connectivity index (χ3n) is 5.54. The number of oxazole rings is 1. The molecule has 3 aliphatic rings. The molecule has 20 heavy (non-hydrogen) atoms. The summed E-state index contributed by atoms with van der Waals surface area (Å²) in [5, 5.41) is 3.08. The first-order chi connectivity index (χ1) is 9.78. The lowest BCUT2D eigenvalue weighted by atomic mass is 9.53. The monoisotopic (exact) mass is 275 g/mol. The molecule has 0 saturated heterocycles. The maximum atomic E-state index is 12.7. The Morgan fingerprint density at radius 1 is 1.50 bits per heavy atom. The minimum atomic E-state index is -0.368. The zero-order valence-corrected chi connectivity index (χ0v) is 11.8. The average Bonchev–Trinajstić information content (AvgIpc) is 2.83. The van der Waals surface area contributed by atoms with Gasteiger partial charge in [-0.05, 0) is 44.1 Å². The summed E-state index contributed by atoms with van der Waals surface area (Å²) in [6, 6.07) is -0.368. The highest BCUT2D eigenvalue weighted by Crippen LogP contribution is 2.54. The van der Waals surface area contributed by atoms with Crippen molar-refractivity contribution >= 4 is 5.91 Å². The van der Waals surface area contributed by atoms with Crippen molar-refractivity contribution in [2.45, 2.75) is 31.7 Å². The SMILES string of the molecule is CNC1C(=O)N(CC2CC3CCC32)CCc2ncoc21. The average molecular weight is 275 g/mol. The molecule has 2 aliphatic carbocycles. The van der Waals surface area contributed by atoms with Gasteiger partial charge in [-0.3, -0.25) is 4.79 Å². The molecule has 4 atom stereocenters. The largest absolute Gasteiger partial charge is 0.446 e. The summed E-state index contributed by atoms with van der Waals surface area (Å²) in [5.41, 5.74) is 0.926. The van der Waals surface area contributed by atoms with Gasteiger partial charge in [-0.1, -0.05) is 0 Å². The summed E-state index contributed by atoms with van der Waals surface area (Å²) in [7, 11) is 1.81. The van der Waals surface area contributed by atoms with E-state index in [1.807, 2.05) is 11.9 Å². The highest BCUT2D eigenvalue weighted by atomic mass is 16.3. The van der Waals surface area contributed by atoms with E-state index in [0.29, 0.717) is 5.76 Å². The number of nitrogens with zero attached hydrogens (tertiary/aromatic N) is 2. The Morgan fingerprint density at radius 3 is 3.05 bits per heavy atom. The minimum Gasteiger partial charge on any atom is -0.446 e. The lowest BCUT2D eigenvalue weighted by Crippen LogP contribution is -2.51. The lowest BCUT2D eigenvalue weighted by molar-refractivity contribution is -0.137. The predicted molar refractivity (Wildman–Crippen MR) is 72.9 cm³/mol.